The molecule has 1 saturated heterocycles. The number of imide groups is 1. The molecule has 1 aliphatic heterocycles. The molecule has 1 aliphatic rings. The van der Waals surface area contributed by atoms with Crippen LogP contribution in [-0.4, -0.2) is 28.7 Å². The van der Waals surface area contributed by atoms with Crippen molar-refractivity contribution in [1.29, 1.82) is 0 Å². The van der Waals surface area contributed by atoms with Gasteiger partial charge in [0.1, 0.15) is 15.7 Å². The number of rotatable bonds is 2. The van der Waals surface area contributed by atoms with Gasteiger partial charge in [-0.25, -0.2) is 4.98 Å². The van der Waals surface area contributed by atoms with E-state index < -0.39 is 17.9 Å². The van der Waals surface area contributed by atoms with E-state index in [1.165, 1.54) is 11.3 Å². The van der Waals surface area contributed by atoms with Crippen molar-refractivity contribution < 1.29 is 14.4 Å². The van der Waals surface area contributed by atoms with Gasteiger partial charge in [-0.1, -0.05) is 0 Å². The summed E-state index contributed by atoms with van der Waals surface area (Å²) in [4.78, 5) is 40.1. The molecule has 0 bridgehead atoms. The number of hydrogen-bond donors (Lipinski definition) is 3. The number of nitrogens with two attached hydrogens (primary N) is 1. The van der Waals surface area contributed by atoms with Crippen LogP contribution in [0.5, 0.6) is 0 Å². The van der Waals surface area contributed by atoms with Gasteiger partial charge in [0.2, 0.25) is 11.8 Å². The van der Waals surface area contributed by atoms with Crippen LogP contribution in [0.25, 0.3) is 10.2 Å². The lowest BCUT2D eigenvalue weighted by Gasteiger charge is -2.21. The number of nitrogens with zero attached hydrogens (tertiary/aromatic N) is 1. The molecule has 1 atom stereocenters. The average Bonchev–Trinajstić information content (AvgIpc) is 2.80. The van der Waals surface area contributed by atoms with Crippen LogP contribution in [0.15, 0.2) is 18.3 Å². The van der Waals surface area contributed by atoms with E-state index in [1.807, 2.05) is 0 Å². The summed E-state index contributed by atoms with van der Waals surface area (Å²) in [5, 5.41) is 5.52. The predicted molar refractivity (Wildman–Crippen MR) is 77.7 cm³/mol. The number of pyridine rings is 1. The fourth-order valence-electron chi connectivity index (χ4n) is 2.17. The number of piperidine rings is 1. The molecule has 2 aromatic rings. The fraction of sp³-hybridized carbons (Fsp3) is 0.231. The highest BCUT2D eigenvalue weighted by Crippen LogP contribution is 2.31. The number of amides is 3. The van der Waals surface area contributed by atoms with Crippen LogP contribution in [0.3, 0.4) is 0 Å². The summed E-state index contributed by atoms with van der Waals surface area (Å²) in [7, 11) is 0. The lowest BCUT2D eigenvalue weighted by molar-refractivity contribution is -0.134. The van der Waals surface area contributed by atoms with Gasteiger partial charge in [-0.3, -0.25) is 19.7 Å². The van der Waals surface area contributed by atoms with E-state index >= 15 is 0 Å². The number of fused-ring (bicyclic) bond motifs is 1. The number of anilines is 1. The molecule has 21 heavy (non-hydrogen) atoms. The Morgan fingerprint density at radius 2 is 2.29 bits per heavy atom. The van der Waals surface area contributed by atoms with Crippen LogP contribution >= 0.6 is 11.3 Å². The first-order valence-corrected chi connectivity index (χ1v) is 7.15. The molecule has 3 heterocycles. The van der Waals surface area contributed by atoms with Crippen LogP contribution in [0.4, 0.5) is 5.69 Å². The minimum atomic E-state index is -0.715. The van der Waals surface area contributed by atoms with Gasteiger partial charge in [-0.15, -0.1) is 11.3 Å². The van der Waals surface area contributed by atoms with Crippen molar-refractivity contribution in [3.05, 3.63) is 23.2 Å². The highest BCUT2D eigenvalue weighted by Gasteiger charge is 2.29. The zero-order valence-corrected chi connectivity index (χ0v) is 11.7. The smallest absolute Gasteiger partial charge is 0.264 e. The van der Waals surface area contributed by atoms with Gasteiger partial charge in [0.25, 0.3) is 5.91 Å². The summed E-state index contributed by atoms with van der Waals surface area (Å²) in [6.45, 7) is 0. The normalized spacial score (nSPS) is 18.6. The van der Waals surface area contributed by atoms with Crippen LogP contribution in [0.2, 0.25) is 0 Å². The highest BCUT2D eigenvalue weighted by atomic mass is 32.1. The van der Waals surface area contributed by atoms with Crippen LogP contribution in [-0.2, 0) is 9.59 Å². The van der Waals surface area contributed by atoms with E-state index in [0.717, 1.165) is 5.39 Å². The lowest BCUT2D eigenvalue weighted by atomic mass is 10.1. The summed E-state index contributed by atoms with van der Waals surface area (Å²) in [5.41, 5.74) is 6.31. The summed E-state index contributed by atoms with van der Waals surface area (Å²) in [5.74, 6) is -1.24. The molecule has 2 aromatic heterocycles. The van der Waals surface area contributed by atoms with E-state index in [1.54, 1.807) is 18.3 Å². The Morgan fingerprint density at radius 1 is 1.48 bits per heavy atom. The molecule has 3 rings (SSSR count). The van der Waals surface area contributed by atoms with Crippen LogP contribution < -0.4 is 16.4 Å². The monoisotopic (exact) mass is 304 g/mol. The zero-order valence-electron chi connectivity index (χ0n) is 10.9. The van der Waals surface area contributed by atoms with E-state index in [-0.39, 0.29) is 12.3 Å². The molecule has 0 spiro atoms. The second kappa shape index (κ2) is 5.13. The molecular formula is C13H12N4O3S. The van der Waals surface area contributed by atoms with E-state index in [9.17, 15) is 14.4 Å². The summed E-state index contributed by atoms with van der Waals surface area (Å²) < 4.78 is 0. The Kier molecular flexibility index (Phi) is 3.30. The van der Waals surface area contributed by atoms with Crippen molar-refractivity contribution in [3.63, 3.8) is 0 Å². The van der Waals surface area contributed by atoms with E-state index in [0.29, 0.717) is 21.8 Å². The average molecular weight is 304 g/mol. The van der Waals surface area contributed by atoms with Gasteiger partial charge in [0, 0.05) is 18.0 Å². The third-order valence-corrected chi connectivity index (χ3v) is 4.38. The van der Waals surface area contributed by atoms with Crippen molar-refractivity contribution in [1.82, 2.24) is 15.6 Å². The first-order valence-electron chi connectivity index (χ1n) is 6.34. The predicted octanol–water partition coefficient (Wildman–Crippen LogP) is 0.413. The minimum absolute atomic E-state index is 0.208. The Bertz CT molecular complexity index is 755. The lowest BCUT2D eigenvalue weighted by Crippen LogP contribution is -2.52. The Morgan fingerprint density at radius 3 is 3.00 bits per heavy atom. The van der Waals surface area contributed by atoms with Gasteiger partial charge in [0.05, 0.1) is 5.69 Å². The Hall–Kier alpha value is -2.48. The molecule has 0 radical (unpaired) electrons. The quantitative estimate of drug-likeness (QED) is 0.695. The number of aromatic nitrogens is 1. The van der Waals surface area contributed by atoms with E-state index in [2.05, 4.69) is 15.6 Å². The zero-order chi connectivity index (χ0) is 15.0. The first kappa shape index (κ1) is 13.5. The van der Waals surface area contributed by atoms with Crippen molar-refractivity contribution in [2.24, 2.45) is 0 Å². The number of carbonyl (C=O) groups is 3. The van der Waals surface area contributed by atoms with Gasteiger partial charge in [-0.05, 0) is 18.6 Å². The maximum atomic E-state index is 12.3. The fourth-order valence-corrected chi connectivity index (χ4v) is 3.14. The Balaban J connectivity index is 1.82. The number of carbonyl (C=O) groups excluding carboxylic acids is 3. The summed E-state index contributed by atoms with van der Waals surface area (Å²) >= 11 is 1.18. The maximum Gasteiger partial charge on any atom is 0.264 e. The molecule has 8 heteroatoms. The first-order chi connectivity index (χ1) is 10.1. The third kappa shape index (κ3) is 2.45. The van der Waals surface area contributed by atoms with Crippen LogP contribution in [0.1, 0.15) is 22.5 Å². The maximum absolute atomic E-state index is 12.3. The number of hydrogen-bond acceptors (Lipinski definition) is 6. The van der Waals surface area contributed by atoms with E-state index in [4.69, 9.17) is 5.73 Å². The third-order valence-electron chi connectivity index (χ3n) is 3.26. The Labute approximate surface area is 123 Å². The minimum Gasteiger partial charge on any atom is -0.397 e. The van der Waals surface area contributed by atoms with Gasteiger partial charge < -0.3 is 11.1 Å². The van der Waals surface area contributed by atoms with Crippen molar-refractivity contribution in [3.8, 4) is 0 Å². The van der Waals surface area contributed by atoms with Gasteiger partial charge in [-0.2, -0.15) is 0 Å². The molecule has 3 amide bonds. The SMILES string of the molecule is Nc1c(C(=O)NC2CCC(=O)NC2=O)sc2ncccc12. The number of thiophene rings is 1. The molecule has 0 saturated carbocycles. The molecule has 1 fully saturated rings. The second-order valence-electron chi connectivity index (χ2n) is 4.68. The molecule has 7 nitrogen and oxygen atoms in total. The van der Waals surface area contributed by atoms with Gasteiger partial charge in [0.15, 0.2) is 0 Å². The molecule has 108 valence electrons. The topological polar surface area (TPSA) is 114 Å². The van der Waals surface area contributed by atoms with Gasteiger partial charge >= 0.3 is 0 Å². The van der Waals surface area contributed by atoms with Crippen molar-refractivity contribution in [2.75, 3.05) is 5.73 Å². The molecule has 4 N–H and O–H groups in total. The molecule has 1 unspecified atom stereocenters. The summed E-state index contributed by atoms with van der Waals surface area (Å²) in [6, 6.07) is 2.82. The molecular weight excluding hydrogens is 292 g/mol. The largest absolute Gasteiger partial charge is 0.397 e. The molecule has 0 aliphatic carbocycles. The number of nitrogens with one attached hydrogen (secondary N) is 2. The van der Waals surface area contributed by atoms with Crippen molar-refractivity contribution in [2.45, 2.75) is 18.9 Å². The molecule has 0 aromatic carbocycles. The highest BCUT2D eigenvalue weighted by molar-refractivity contribution is 7.21. The standard InChI is InChI=1S/C13H12N4O3S/c14-9-6-2-1-5-15-13(6)21-10(9)12(20)16-7-3-4-8(18)17-11(7)19/h1-2,5,7H,3-4,14H2,(H,16,20)(H,17,18,19). The van der Waals surface area contributed by atoms with Crippen molar-refractivity contribution >= 4 is 45.0 Å². The summed E-state index contributed by atoms with van der Waals surface area (Å²) in [6.07, 6.45) is 2.12. The van der Waals surface area contributed by atoms with Crippen LogP contribution in [0, 0.1) is 0 Å². The second-order valence-corrected chi connectivity index (χ2v) is 5.68. The number of nitrogen functional groups attached to an aromatic ring is 1.